The van der Waals surface area contributed by atoms with E-state index in [4.69, 9.17) is 28.2 Å². The normalized spacial score (nSPS) is 11.5. The molecular weight excluding hydrogens is 435 g/mol. The lowest BCUT2D eigenvalue weighted by Crippen LogP contribution is -2.29. The summed E-state index contributed by atoms with van der Waals surface area (Å²) in [6.07, 6.45) is 2.10. The Kier molecular flexibility index (Phi) is 8.50. The second-order valence-electron chi connectivity index (χ2n) is 6.88. The molecule has 0 aliphatic heterocycles. The fourth-order valence-corrected chi connectivity index (χ4v) is 4.39. The van der Waals surface area contributed by atoms with E-state index in [-0.39, 0.29) is 5.75 Å². The summed E-state index contributed by atoms with van der Waals surface area (Å²) in [5.74, 6) is 0.263. The van der Waals surface area contributed by atoms with E-state index in [1.165, 1.54) is 0 Å². The number of thioether (sulfide) groups is 1. The summed E-state index contributed by atoms with van der Waals surface area (Å²) >= 11 is 14.0. The maximum absolute atomic E-state index is 9.89. The smallest absolute Gasteiger partial charge is 0.169 e. The highest BCUT2D eigenvalue weighted by atomic mass is 35.5. The SMILES string of the molecule is CCCCN(Cc1cccc(O)c1)C(=Nc1cc(Cl)cc(Cl)c1)Sc1ccccc1. The molecule has 0 bridgehead atoms. The third kappa shape index (κ3) is 6.98. The first-order valence-corrected chi connectivity index (χ1v) is 11.4. The van der Waals surface area contributed by atoms with E-state index in [0.29, 0.717) is 22.3 Å². The molecule has 30 heavy (non-hydrogen) atoms. The van der Waals surface area contributed by atoms with Crippen molar-refractivity contribution in [2.75, 3.05) is 6.54 Å². The molecule has 156 valence electrons. The largest absolute Gasteiger partial charge is 0.508 e. The van der Waals surface area contributed by atoms with Crippen LogP contribution in [-0.4, -0.2) is 21.7 Å². The molecule has 0 heterocycles. The topological polar surface area (TPSA) is 35.8 Å². The minimum Gasteiger partial charge on any atom is -0.508 e. The van der Waals surface area contributed by atoms with Gasteiger partial charge in [-0.25, -0.2) is 4.99 Å². The van der Waals surface area contributed by atoms with E-state index in [0.717, 1.165) is 35.0 Å². The van der Waals surface area contributed by atoms with E-state index in [1.54, 1.807) is 30.0 Å². The van der Waals surface area contributed by atoms with Crippen LogP contribution in [0.15, 0.2) is 82.7 Å². The zero-order chi connectivity index (χ0) is 21.3. The lowest BCUT2D eigenvalue weighted by molar-refractivity contribution is 0.407. The number of halogens is 2. The standard InChI is InChI=1S/C24H24Cl2N2OS/c1-2-3-12-28(17-18-8-7-9-22(29)13-18)24(30-23-10-5-4-6-11-23)27-21-15-19(25)14-20(26)16-21/h4-11,13-16,29H,2-3,12,17H2,1H3. The van der Waals surface area contributed by atoms with Crippen molar-refractivity contribution in [3.8, 4) is 5.75 Å². The van der Waals surface area contributed by atoms with Crippen LogP contribution in [0.3, 0.4) is 0 Å². The summed E-state index contributed by atoms with van der Waals surface area (Å²) in [5, 5.41) is 11.9. The molecule has 0 aliphatic rings. The summed E-state index contributed by atoms with van der Waals surface area (Å²) in [4.78, 5) is 8.26. The summed E-state index contributed by atoms with van der Waals surface area (Å²) < 4.78 is 0. The van der Waals surface area contributed by atoms with Gasteiger partial charge in [-0.15, -0.1) is 0 Å². The third-order valence-corrected chi connectivity index (χ3v) is 5.84. The van der Waals surface area contributed by atoms with E-state index in [1.807, 2.05) is 42.5 Å². The lowest BCUT2D eigenvalue weighted by Gasteiger charge is -2.26. The first-order chi connectivity index (χ1) is 14.5. The van der Waals surface area contributed by atoms with Crippen LogP contribution in [0.5, 0.6) is 5.75 Å². The minimum absolute atomic E-state index is 0.263. The molecule has 3 nitrogen and oxygen atoms in total. The fourth-order valence-electron chi connectivity index (χ4n) is 2.93. The molecule has 0 aromatic heterocycles. The van der Waals surface area contributed by atoms with E-state index in [9.17, 15) is 5.11 Å². The van der Waals surface area contributed by atoms with Crippen LogP contribution in [0, 0.1) is 0 Å². The van der Waals surface area contributed by atoms with Crippen LogP contribution < -0.4 is 0 Å². The van der Waals surface area contributed by atoms with E-state index < -0.39 is 0 Å². The van der Waals surface area contributed by atoms with Crippen LogP contribution in [0.25, 0.3) is 0 Å². The van der Waals surface area contributed by atoms with Crippen LogP contribution in [-0.2, 0) is 6.54 Å². The first kappa shape index (κ1) is 22.5. The van der Waals surface area contributed by atoms with Crippen molar-refractivity contribution in [3.63, 3.8) is 0 Å². The van der Waals surface area contributed by atoms with Gasteiger partial charge >= 0.3 is 0 Å². The molecule has 0 spiro atoms. The average Bonchev–Trinajstić information content (AvgIpc) is 2.71. The number of nitrogens with zero attached hydrogens (tertiary/aromatic N) is 2. The van der Waals surface area contributed by atoms with Gasteiger partial charge in [0, 0.05) is 28.0 Å². The molecule has 0 aliphatic carbocycles. The fraction of sp³-hybridized carbons (Fsp3) is 0.208. The second kappa shape index (κ2) is 11.3. The number of aromatic hydroxyl groups is 1. The Morgan fingerprint density at radius 2 is 1.70 bits per heavy atom. The Bertz CT molecular complexity index is 975. The Labute approximate surface area is 192 Å². The van der Waals surface area contributed by atoms with Crippen molar-refractivity contribution in [1.82, 2.24) is 4.90 Å². The van der Waals surface area contributed by atoms with Crippen molar-refractivity contribution >= 4 is 45.8 Å². The van der Waals surface area contributed by atoms with Crippen LogP contribution >= 0.6 is 35.0 Å². The van der Waals surface area contributed by atoms with Crippen molar-refractivity contribution in [2.24, 2.45) is 4.99 Å². The summed E-state index contributed by atoms with van der Waals surface area (Å²) in [5.41, 5.74) is 1.74. The van der Waals surface area contributed by atoms with Crippen molar-refractivity contribution in [1.29, 1.82) is 0 Å². The van der Waals surface area contributed by atoms with E-state index in [2.05, 4.69) is 24.0 Å². The van der Waals surface area contributed by atoms with Crippen LogP contribution in [0.2, 0.25) is 10.0 Å². The predicted molar refractivity (Wildman–Crippen MR) is 129 cm³/mol. The molecule has 0 saturated carbocycles. The molecule has 0 saturated heterocycles. The molecule has 3 aromatic rings. The van der Waals surface area contributed by atoms with Crippen molar-refractivity contribution in [3.05, 3.63) is 88.4 Å². The van der Waals surface area contributed by atoms with Gasteiger partial charge in [-0.2, -0.15) is 0 Å². The molecule has 0 amide bonds. The molecule has 3 rings (SSSR count). The number of unbranched alkanes of at least 4 members (excludes halogenated alkanes) is 1. The Morgan fingerprint density at radius 3 is 2.37 bits per heavy atom. The highest BCUT2D eigenvalue weighted by Gasteiger charge is 2.15. The lowest BCUT2D eigenvalue weighted by atomic mass is 10.2. The van der Waals surface area contributed by atoms with Crippen molar-refractivity contribution in [2.45, 2.75) is 31.2 Å². The number of hydrogen-bond acceptors (Lipinski definition) is 3. The molecular formula is C24H24Cl2N2OS. The van der Waals surface area contributed by atoms with Gasteiger partial charge in [0.25, 0.3) is 0 Å². The third-order valence-electron chi connectivity index (χ3n) is 4.36. The van der Waals surface area contributed by atoms with Gasteiger partial charge in [-0.1, -0.05) is 78.6 Å². The number of phenols is 1. The maximum atomic E-state index is 9.89. The Balaban J connectivity index is 1.99. The molecule has 0 radical (unpaired) electrons. The Hall–Kier alpha value is -2.14. The maximum Gasteiger partial charge on any atom is 0.169 e. The predicted octanol–water partition coefficient (Wildman–Crippen LogP) is 7.78. The highest BCUT2D eigenvalue weighted by molar-refractivity contribution is 8.13. The zero-order valence-corrected chi connectivity index (χ0v) is 19.1. The monoisotopic (exact) mass is 458 g/mol. The van der Waals surface area contributed by atoms with Gasteiger partial charge < -0.3 is 10.0 Å². The first-order valence-electron chi connectivity index (χ1n) is 9.84. The van der Waals surface area contributed by atoms with Crippen molar-refractivity contribution < 1.29 is 5.11 Å². The number of rotatable bonds is 7. The number of phenolic OH excluding ortho intramolecular Hbond substituents is 1. The molecule has 0 unspecified atom stereocenters. The van der Waals surface area contributed by atoms with Gasteiger partial charge in [0.15, 0.2) is 5.17 Å². The van der Waals surface area contributed by atoms with Gasteiger partial charge in [0.2, 0.25) is 0 Å². The van der Waals surface area contributed by atoms with E-state index >= 15 is 0 Å². The number of hydrogen-bond donors (Lipinski definition) is 1. The minimum atomic E-state index is 0.263. The Morgan fingerprint density at radius 1 is 0.967 bits per heavy atom. The van der Waals surface area contributed by atoms with Gasteiger partial charge in [0.05, 0.1) is 5.69 Å². The second-order valence-corrected chi connectivity index (χ2v) is 8.80. The molecule has 0 atom stereocenters. The number of aliphatic imine (C=N–C) groups is 1. The average molecular weight is 459 g/mol. The summed E-state index contributed by atoms with van der Waals surface area (Å²) in [7, 11) is 0. The number of amidine groups is 1. The van der Waals surface area contributed by atoms with Crippen LogP contribution in [0.4, 0.5) is 5.69 Å². The van der Waals surface area contributed by atoms with Crippen LogP contribution in [0.1, 0.15) is 25.3 Å². The molecule has 0 fully saturated rings. The van der Waals surface area contributed by atoms with Gasteiger partial charge in [-0.3, -0.25) is 0 Å². The summed E-state index contributed by atoms with van der Waals surface area (Å²) in [6.45, 7) is 3.66. The zero-order valence-electron chi connectivity index (χ0n) is 16.8. The molecule has 1 N–H and O–H groups in total. The highest BCUT2D eigenvalue weighted by Crippen LogP contribution is 2.29. The molecule has 3 aromatic carbocycles. The molecule has 6 heteroatoms. The van der Waals surface area contributed by atoms with Gasteiger partial charge in [0.1, 0.15) is 5.75 Å². The quantitative estimate of drug-likeness (QED) is 0.223. The number of benzene rings is 3. The summed E-state index contributed by atoms with van der Waals surface area (Å²) in [6, 6.07) is 22.8. The van der Waals surface area contributed by atoms with Gasteiger partial charge in [-0.05, 0) is 54.4 Å².